The first-order chi connectivity index (χ1) is 8.51. The third kappa shape index (κ3) is 3.15. The minimum atomic E-state index is -0.190. The van der Waals surface area contributed by atoms with Crippen LogP contribution in [-0.4, -0.2) is 33.8 Å². The topological polar surface area (TPSA) is 38.8 Å². The molecule has 0 unspecified atom stereocenters. The summed E-state index contributed by atoms with van der Waals surface area (Å²) in [6.45, 7) is 4.73. The molecule has 1 aromatic rings. The van der Waals surface area contributed by atoms with Crippen molar-refractivity contribution in [2.24, 2.45) is 0 Å². The Morgan fingerprint density at radius 1 is 1.22 bits per heavy atom. The number of esters is 1. The molecule has 0 spiro atoms. The molecule has 0 radical (unpaired) electrons. The number of anilines is 1. The van der Waals surface area contributed by atoms with Crippen molar-refractivity contribution in [2.45, 2.75) is 20.3 Å². The fourth-order valence-electron chi connectivity index (χ4n) is 1.90. The second kappa shape index (κ2) is 6.28. The number of methoxy groups -OCH3 is 2. The predicted octanol–water partition coefficient (Wildman–Crippen LogP) is 2.31. The van der Waals surface area contributed by atoms with Crippen molar-refractivity contribution in [2.75, 3.05) is 32.7 Å². The molecule has 0 aromatic heterocycles. The zero-order chi connectivity index (χ0) is 13.7. The number of rotatable bonds is 5. The Hall–Kier alpha value is -1.71. The molecular weight excluding hydrogens is 230 g/mol. The molecule has 0 saturated carbocycles. The predicted molar refractivity (Wildman–Crippen MR) is 72.4 cm³/mol. The van der Waals surface area contributed by atoms with Gasteiger partial charge in [0.05, 0.1) is 20.6 Å². The highest BCUT2D eigenvalue weighted by molar-refractivity contribution is 5.70. The molecule has 4 nitrogen and oxygen atoms in total. The summed E-state index contributed by atoms with van der Waals surface area (Å²) in [5, 5.41) is 0. The van der Waals surface area contributed by atoms with E-state index in [1.54, 1.807) is 7.11 Å². The summed E-state index contributed by atoms with van der Waals surface area (Å²) >= 11 is 0. The quantitative estimate of drug-likeness (QED) is 0.753. The number of hydrogen-bond donors (Lipinski definition) is 0. The van der Waals surface area contributed by atoms with Crippen LogP contribution < -0.4 is 9.64 Å². The standard InChI is InChI=1S/C14H21NO3/c1-10-11(2)13(17-4)7-6-12(10)15(3)9-8-14(16)18-5/h6-7H,8-9H2,1-5H3. The Balaban J connectivity index is 2.83. The molecule has 0 bridgehead atoms. The van der Waals surface area contributed by atoms with Crippen LogP contribution in [0, 0.1) is 13.8 Å². The van der Waals surface area contributed by atoms with Crippen molar-refractivity contribution < 1.29 is 14.3 Å². The van der Waals surface area contributed by atoms with E-state index < -0.39 is 0 Å². The molecule has 0 atom stereocenters. The van der Waals surface area contributed by atoms with E-state index in [9.17, 15) is 4.79 Å². The zero-order valence-electron chi connectivity index (χ0n) is 11.7. The van der Waals surface area contributed by atoms with Gasteiger partial charge in [0.25, 0.3) is 0 Å². The number of ether oxygens (including phenoxy) is 2. The number of carbonyl (C=O) groups is 1. The maximum atomic E-state index is 11.1. The van der Waals surface area contributed by atoms with E-state index >= 15 is 0 Å². The van der Waals surface area contributed by atoms with Gasteiger partial charge in [0, 0.05) is 19.3 Å². The van der Waals surface area contributed by atoms with Gasteiger partial charge in [0.1, 0.15) is 5.75 Å². The summed E-state index contributed by atoms with van der Waals surface area (Å²) in [6, 6.07) is 3.96. The average Bonchev–Trinajstić information content (AvgIpc) is 2.38. The van der Waals surface area contributed by atoms with E-state index in [2.05, 4.69) is 16.6 Å². The maximum absolute atomic E-state index is 11.1. The zero-order valence-corrected chi connectivity index (χ0v) is 11.7. The molecule has 0 aliphatic heterocycles. The molecule has 0 N–H and O–H groups in total. The van der Waals surface area contributed by atoms with Crippen molar-refractivity contribution >= 4 is 11.7 Å². The summed E-state index contributed by atoms with van der Waals surface area (Å²) in [7, 11) is 5.05. The summed E-state index contributed by atoms with van der Waals surface area (Å²) in [5.74, 6) is 0.697. The number of hydrogen-bond acceptors (Lipinski definition) is 4. The number of carbonyl (C=O) groups excluding carboxylic acids is 1. The van der Waals surface area contributed by atoms with E-state index in [4.69, 9.17) is 4.74 Å². The third-order valence-electron chi connectivity index (χ3n) is 3.22. The van der Waals surface area contributed by atoms with Gasteiger partial charge >= 0.3 is 5.97 Å². The minimum absolute atomic E-state index is 0.190. The molecule has 18 heavy (non-hydrogen) atoms. The van der Waals surface area contributed by atoms with Crippen molar-refractivity contribution in [3.05, 3.63) is 23.3 Å². The molecule has 0 aliphatic carbocycles. The molecule has 0 aliphatic rings. The first kappa shape index (κ1) is 14.4. The lowest BCUT2D eigenvalue weighted by molar-refractivity contribution is -0.140. The summed E-state index contributed by atoms with van der Waals surface area (Å²) < 4.78 is 9.92. The van der Waals surface area contributed by atoms with Crippen LogP contribution >= 0.6 is 0 Å². The summed E-state index contributed by atoms with van der Waals surface area (Å²) in [5.41, 5.74) is 3.40. The Morgan fingerprint density at radius 2 is 1.89 bits per heavy atom. The lowest BCUT2D eigenvalue weighted by Crippen LogP contribution is -2.22. The van der Waals surface area contributed by atoms with Gasteiger partial charge in [0.15, 0.2) is 0 Å². The van der Waals surface area contributed by atoms with E-state index in [1.807, 2.05) is 26.1 Å². The monoisotopic (exact) mass is 251 g/mol. The van der Waals surface area contributed by atoms with Crippen molar-refractivity contribution in [1.82, 2.24) is 0 Å². The highest BCUT2D eigenvalue weighted by Crippen LogP contribution is 2.29. The Morgan fingerprint density at radius 3 is 2.44 bits per heavy atom. The van der Waals surface area contributed by atoms with Crippen LogP contribution in [0.5, 0.6) is 5.75 Å². The van der Waals surface area contributed by atoms with Crippen LogP contribution in [0.3, 0.4) is 0 Å². The summed E-state index contributed by atoms with van der Waals surface area (Å²) in [6.07, 6.45) is 0.386. The van der Waals surface area contributed by atoms with E-state index in [-0.39, 0.29) is 5.97 Å². The van der Waals surface area contributed by atoms with Crippen LogP contribution in [0.4, 0.5) is 5.69 Å². The number of nitrogens with zero attached hydrogens (tertiary/aromatic N) is 1. The van der Waals surface area contributed by atoms with Crippen molar-refractivity contribution in [3.8, 4) is 5.75 Å². The van der Waals surface area contributed by atoms with Crippen molar-refractivity contribution in [1.29, 1.82) is 0 Å². The number of benzene rings is 1. The van der Waals surface area contributed by atoms with Crippen molar-refractivity contribution in [3.63, 3.8) is 0 Å². The van der Waals surface area contributed by atoms with Crippen LogP contribution in [0.2, 0.25) is 0 Å². The van der Waals surface area contributed by atoms with Gasteiger partial charge in [-0.2, -0.15) is 0 Å². The molecule has 0 fully saturated rings. The van der Waals surface area contributed by atoms with Gasteiger partial charge in [0.2, 0.25) is 0 Å². The molecule has 0 heterocycles. The van der Waals surface area contributed by atoms with Crippen LogP contribution in [0.1, 0.15) is 17.5 Å². The molecular formula is C14H21NO3. The minimum Gasteiger partial charge on any atom is -0.496 e. The summed E-state index contributed by atoms with van der Waals surface area (Å²) in [4.78, 5) is 13.2. The van der Waals surface area contributed by atoms with Gasteiger partial charge in [-0.1, -0.05) is 0 Å². The third-order valence-corrected chi connectivity index (χ3v) is 3.22. The molecule has 4 heteroatoms. The lowest BCUT2D eigenvalue weighted by Gasteiger charge is -2.22. The van der Waals surface area contributed by atoms with E-state index in [0.717, 1.165) is 17.0 Å². The van der Waals surface area contributed by atoms with Gasteiger partial charge in [-0.05, 0) is 37.1 Å². The second-order valence-corrected chi connectivity index (χ2v) is 4.28. The van der Waals surface area contributed by atoms with Gasteiger partial charge in [-0.15, -0.1) is 0 Å². The molecule has 100 valence electrons. The van der Waals surface area contributed by atoms with Gasteiger partial charge < -0.3 is 14.4 Å². The molecule has 0 amide bonds. The highest BCUT2D eigenvalue weighted by atomic mass is 16.5. The largest absolute Gasteiger partial charge is 0.496 e. The van der Waals surface area contributed by atoms with Crippen LogP contribution in [0.15, 0.2) is 12.1 Å². The molecule has 0 saturated heterocycles. The first-order valence-corrected chi connectivity index (χ1v) is 5.93. The van der Waals surface area contributed by atoms with Gasteiger partial charge in [-0.25, -0.2) is 0 Å². The fraction of sp³-hybridized carbons (Fsp3) is 0.500. The molecule has 1 aromatic carbocycles. The van der Waals surface area contributed by atoms with Crippen LogP contribution in [0.25, 0.3) is 0 Å². The Kier molecular flexibility index (Phi) is 5.01. The maximum Gasteiger partial charge on any atom is 0.307 e. The Labute approximate surface area is 108 Å². The second-order valence-electron chi connectivity index (χ2n) is 4.28. The average molecular weight is 251 g/mol. The van der Waals surface area contributed by atoms with Gasteiger partial charge in [-0.3, -0.25) is 4.79 Å². The smallest absolute Gasteiger partial charge is 0.307 e. The van der Waals surface area contributed by atoms with E-state index in [1.165, 1.54) is 12.7 Å². The lowest BCUT2D eigenvalue weighted by atomic mass is 10.1. The highest BCUT2D eigenvalue weighted by Gasteiger charge is 2.11. The first-order valence-electron chi connectivity index (χ1n) is 5.93. The SMILES string of the molecule is COC(=O)CCN(C)c1ccc(OC)c(C)c1C. The van der Waals surface area contributed by atoms with Crippen LogP contribution in [-0.2, 0) is 9.53 Å². The molecule has 1 rings (SSSR count). The normalized spacial score (nSPS) is 10.1. The van der Waals surface area contributed by atoms with E-state index in [0.29, 0.717) is 13.0 Å². The fourth-order valence-corrected chi connectivity index (χ4v) is 1.90. The Bertz CT molecular complexity index is 429.